The van der Waals surface area contributed by atoms with Gasteiger partial charge in [-0.3, -0.25) is 0 Å². The van der Waals surface area contributed by atoms with Gasteiger partial charge < -0.3 is 10.2 Å². The molecular formula is C17H23NOS. The molecule has 0 aliphatic heterocycles. The lowest BCUT2D eigenvalue weighted by Crippen LogP contribution is -2.25. The molecule has 0 radical (unpaired) electrons. The third-order valence-electron chi connectivity index (χ3n) is 3.64. The van der Waals surface area contributed by atoms with Crippen LogP contribution in [0, 0.1) is 20.8 Å². The molecule has 1 aromatic heterocycles. The Hall–Kier alpha value is -1.19. The van der Waals surface area contributed by atoms with Gasteiger partial charge in [-0.05, 0) is 62.6 Å². The van der Waals surface area contributed by atoms with Crippen LogP contribution >= 0.6 is 11.8 Å². The van der Waals surface area contributed by atoms with Gasteiger partial charge in [0.05, 0.1) is 5.25 Å². The molecule has 0 fully saturated rings. The lowest BCUT2D eigenvalue weighted by molar-refractivity contribution is 0.454. The summed E-state index contributed by atoms with van der Waals surface area (Å²) in [6.07, 6.45) is 0.933. The van der Waals surface area contributed by atoms with E-state index in [0.717, 1.165) is 17.9 Å². The molecule has 2 N–H and O–H groups in total. The maximum absolute atomic E-state index is 6.29. The van der Waals surface area contributed by atoms with Crippen LogP contribution in [0.4, 0.5) is 0 Å². The standard InChI is InChI=1S/C17H23NOS/c1-5-15(18)17(16-9-7-13(4)19-16)20-14-8-6-11(2)12(3)10-14/h6-10,15,17H,5,18H2,1-4H3. The smallest absolute Gasteiger partial charge is 0.119 e. The van der Waals surface area contributed by atoms with Gasteiger partial charge >= 0.3 is 0 Å². The predicted molar refractivity (Wildman–Crippen MR) is 86.2 cm³/mol. The summed E-state index contributed by atoms with van der Waals surface area (Å²) in [6.45, 7) is 8.37. The van der Waals surface area contributed by atoms with Crippen molar-refractivity contribution in [1.82, 2.24) is 0 Å². The highest BCUT2D eigenvalue weighted by Gasteiger charge is 2.23. The van der Waals surface area contributed by atoms with Gasteiger partial charge in [0, 0.05) is 10.9 Å². The van der Waals surface area contributed by atoms with Crippen LogP contribution in [0.1, 0.15) is 41.2 Å². The van der Waals surface area contributed by atoms with Crippen LogP contribution in [-0.4, -0.2) is 6.04 Å². The fourth-order valence-corrected chi connectivity index (χ4v) is 3.41. The Morgan fingerprint density at radius 3 is 2.40 bits per heavy atom. The lowest BCUT2D eigenvalue weighted by Gasteiger charge is -2.21. The van der Waals surface area contributed by atoms with E-state index in [4.69, 9.17) is 10.2 Å². The molecule has 108 valence electrons. The first-order valence-electron chi connectivity index (χ1n) is 7.07. The Labute approximate surface area is 125 Å². The number of benzene rings is 1. The predicted octanol–water partition coefficient (Wildman–Crippen LogP) is 4.78. The van der Waals surface area contributed by atoms with E-state index < -0.39 is 0 Å². The topological polar surface area (TPSA) is 39.2 Å². The molecule has 0 aliphatic rings. The molecule has 1 heterocycles. The number of nitrogens with two attached hydrogens (primary N) is 1. The van der Waals surface area contributed by atoms with E-state index in [0.29, 0.717) is 0 Å². The fraction of sp³-hybridized carbons (Fsp3) is 0.412. The van der Waals surface area contributed by atoms with Gasteiger partial charge in [-0.25, -0.2) is 0 Å². The number of rotatable bonds is 5. The molecule has 0 saturated carbocycles. The zero-order chi connectivity index (χ0) is 14.7. The van der Waals surface area contributed by atoms with Gasteiger partial charge in [0.25, 0.3) is 0 Å². The molecular weight excluding hydrogens is 266 g/mol. The largest absolute Gasteiger partial charge is 0.465 e. The number of thioether (sulfide) groups is 1. The van der Waals surface area contributed by atoms with Crippen LogP contribution in [-0.2, 0) is 0 Å². The van der Waals surface area contributed by atoms with Crippen LogP contribution in [0.25, 0.3) is 0 Å². The van der Waals surface area contributed by atoms with Crippen LogP contribution in [0.15, 0.2) is 39.6 Å². The van der Waals surface area contributed by atoms with Crippen molar-refractivity contribution in [3.63, 3.8) is 0 Å². The molecule has 2 rings (SSSR count). The summed E-state index contributed by atoms with van der Waals surface area (Å²) in [5, 5.41) is 0.163. The molecule has 2 atom stereocenters. The van der Waals surface area contributed by atoms with Crippen molar-refractivity contribution >= 4 is 11.8 Å². The van der Waals surface area contributed by atoms with Gasteiger partial charge in [-0.1, -0.05) is 13.0 Å². The summed E-state index contributed by atoms with van der Waals surface area (Å²) in [6, 6.07) is 10.7. The zero-order valence-corrected chi connectivity index (χ0v) is 13.5. The van der Waals surface area contributed by atoms with Crippen LogP contribution in [0.2, 0.25) is 0 Å². The highest BCUT2D eigenvalue weighted by Crippen LogP contribution is 2.39. The van der Waals surface area contributed by atoms with E-state index in [-0.39, 0.29) is 11.3 Å². The fourth-order valence-electron chi connectivity index (χ4n) is 2.11. The Morgan fingerprint density at radius 1 is 1.10 bits per heavy atom. The summed E-state index contributed by atoms with van der Waals surface area (Å²) >= 11 is 1.79. The summed E-state index contributed by atoms with van der Waals surface area (Å²) < 4.78 is 5.79. The molecule has 0 saturated heterocycles. The third kappa shape index (κ3) is 3.47. The maximum atomic E-state index is 6.29. The van der Waals surface area contributed by atoms with Crippen molar-refractivity contribution in [2.24, 2.45) is 5.73 Å². The first-order valence-corrected chi connectivity index (χ1v) is 7.95. The second-order valence-corrected chi connectivity index (χ2v) is 6.52. The highest BCUT2D eigenvalue weighted by atomic mass is 32.2. The van der Waals surface area contributed by atoms with E-state index in [1.807, 2.05) is 19.1 Å². The third-order valence-corrected chi connectivity index (χ3v) is 5.01. The van der Waals surface area contributed by atoms with Crippen molar-refractivity contribution in [2.45, 2.75) is 50.3 Å². The Kier molecular flexibility index (Phi) is 4.95. The molecule has 0 bridgehead atoms. The SMILES string of the molecule is CCC(N)C(Sc1ccc(C)c(C)c1)c1ccc(C)o1. The molecule has 20 heavy (non-hydrogen) atoms. The van der Waals surface area contributed by atoms with Crippen LogP contribution in [0.5, 0.6) is 0 Å². The van der Waals surface area contributed by atoms with Crippen molar-refractivity contribution in [2.75, 3.05) is 0 Å². The minimum Gasteiger partial charge on any atom is -0.465 e. The summed E-state index contributed by atoms with van der Waals surface area (Å²) in [7, 11) is 0. The summed E-state index contributed by atoms with van der Waals surface area (Å²) in [5.74, 6) is 1.91. The maximum Gasteiger partial charge on any atom is 0.119 e. The second-order valence-electron chi connectivity index (χ2n) is 5.31. The molecule has 2 aromatic rings. The van der Waals surface area contributed by atoms with Crippen LogP contribution in [0.3, 0.4) is 0 Å². The number of aryl methyl sites for hydroxylation is 3. The molecule has 2 nitrogen and oxygen atoms in total. The number of hydrogen-bond donors (Lipinski definition) is 1. The monoisotopic (exact) mass is 289 g/mol. The molecule has 2 unspecified atom stereocenters. The van der Waals surface area contributed by atoms with Gasteiger partial charge in [-0.2, -0.15) is 0 Å². The average Bonchev–Trinajstić information content (AvgIpc) is 2.85. The highest BCUT2D eigenvalue weighted by molar-refractivity contribution is 7.99. The quantitative estimate of drug-likeness (QED) is 0.805. The van der Waals surface area contributed by atoms with Crippen LogP contribution < -0.4 is 5.73 Å². The van der Waals surface area contributed by atoms with Crippen molar-refractivity contribution in [1.29, 1.82) is 0 Å². The average molecular weight is 289 g/mol. The number of hydrogen-bond acceptors (Lipinski definition) is 3. The Balaban J connectivity index is 2.25. The van der Waals surface area contributed by atoms with Gasteiger partial charge in [0.15, 0.2) is 0 Å². The van der Waals surface area contributed by atoms with E-state index in [1.165, 1.54) is 16.0 Å². The van der Waals surface area contributed by atoms with Gasteiger partial charge in [0.2, 0.25) is 0 Å². The number of furan rings is 1. The lowest BCUT2D eigenvalue weighted by atomic mass is 10.1. The molecule has 1 aromatic carbocycles. The van der Waals surface area contributed by atoms with Crippen molar-refractivity contribution in [3.8, 4) is 0 Å². The van der Waals surface area contributed by atoms with Crippen molar-refractivity contribution in [3.05, 3.63) is 53.0 Å². The first-order chi connectivity index (χ1) is 9.51. The van der Waals surface area contributed by atoms with Crippen molar-refractivity contribution < 1.29 is 4.42 Å². The second kappa shape index (κ2) is 6.51. The van der Waals surface area contributed by atoms with E-state index >= 15 is 0 Å². The molecule has 0 amide bonds. The summed E-state index contributed by atoms with van der Waals surface area (Å²) in [5.41, 5.74) is 8.93. The Bertz CT molecular complexity index is 576. The van der Waals surface area contributed by atoms with E-state index in [9.17, 15) is 0 Å². The summed E-state index contributed by atoms with van der Waals surface area (Å²) in [4.78, 5) is 1.25. The molecule has 0 aliphatic carbocycles. The first kappa shape index (κ1) is 15.2. The van der Waals surface area contributed by atoms with Gasteiger partial charge in [-0.15, -0.1) is 11.8 Å². The molecule has 3 heteroatoms. The minimum atomic E-state index is 0.0900. The normalized spacial score (nSPS) is 14.2. The minimum absolute atomic E-state index is 0.0900. The van der Waals surface area contributed by atoms with Gasteiger partial charge in [0.1, 0.15) is 11.5 Å². The zero-order valence-electron chi connectivity index (χ0n) is 12.6. The Morgan fingerprint density at radius 2 is 1.85 bits per heavy atom. The van der Waals surface area contributed by atoms with E-state index in [1.54, 1.807) is 11.8 Å². The van der Waals surface area contributed by atoms with E-state index in [2.05, 4.69) is 39.0 Å². The molecule has 0 spiro atoms.